The molecule has 2 heterocycles. The molecule has 3 atom stereocenters. The normalized spacial score (nSPS) is 25.6. The summed E-state index contributed by atoms with van der Waals surface area (Å²) < 4.78 is 5.59. The van der Waals surface area contributed by atoms with Gasteiger partial charge in [0.05, 0.1) is 18.1 Å². The predicted octanol–water partition coefficient (Wildman–Crippen LogP) is 1.89. The topological polar surface area (TPSA) is 58.6 Å². The zero-order valence-corrected chi connectivity index (χ0v) is 13.5. The van der Waals surface area contributed by atoms with Gasteiger partial charge in [0.25, 0.3) is 0 Å². The van der Waals surface area contributed by atoms with Crippen molar-refractivity contribution in [3.05, 3.63) is 35.9 Å². The summed E-state index contributed by atoms with van der Waals surface area (Å²) in [6.07, 6.45) is 2.51. The number of nitrogens with one attached hydrogen (secondary N) is 1. The van der Waals surface area contributed by atoms with Crippen LogP contribution in [0.15, 0.2) is 30.3 Å². The van der Waals surface area contributed by atoms with Crippen molar-refractivity contribution >= 4 is 11.8 Å². The first-order chi connectivity index (χ1) is 11.1. The zero-order valence-electron chi connectivity index (χ0n) is 13.5. The van der Waals surface area contributed by atoms with Gasteiger partial charge in [-0.2, -0.15) is 0 Å². The molecule has 5 heteroatoms. The third kappa shape index (κ3) is 3.91. The maximum atomic E-state index is 12.4. The van der Waals surface area contributed by atoms with Crippen molar-refractivity contribution in [1.82, 2.24) is 10.2 Å². The van der Waals surface area contributed by atoms with Crippen molar-refractivity contribution in [3.8, 4) is 0 Å². The zero-order chi connectivity index (χ0) is 16.2. The van der Waals surface area contributed by atoms with Crippen LogP contribution < -0.4 is 5.32 Å². The van der Waals surface area contributed by atoms with E-state index in [1.165, 1.54) is 0 Å². The Morgan fingerprint density at radius 1 is 1.39 bits per heavy atom. The highest BCUT2D eigenvalue weighted by Gasteiger charge is 2.36. The Bertz CT molecular complexity index is 555. The van der Waals surface area contributed by atoms with E-state index in [-0.39, 0.29) is 29.9 Å². The highest BCUT2D eigenvalue weighted by atomic mass is 16.5. The highest BCUT2D eigenvalue weighted by Crippen LogP contribution is 2.22. The molecular formula is C18H24N2O3. The Hall–Kier alpha value is -1.88. The van der Waals surface area contributed by atoms with Crippen LogP contribution in [0.3, 0.4) is 0 Å². The van der Waals surface area contributed by atoms with Gasteiger partial charge in [-0.25, -0.2) is 0 Å². The number of carbonyl (C=O) groups excluding carboxylic acids is 2. The first kappa shape index (κ1) is 16.0. The molecule has 0 radical (unpaired) electrons. The fourth-order valence-corrected chi connectivity index (χ4v) is 3.31. The Kier molecular flexibility index (Phi) is 4.96. The van der Waals surface area contributed by atoms with Crippen LogP contribution in [0.5, 0.6) is 0 Å². The number of carbonyl (C=O) groups is 2. The molecule has 2 aliphatic rings. The second-order valence-electron chi connectivity index (χ2n) is 6.48. The van der Waals surface area contributed by atoms with Gasteiger partial charge >= 0.3 is 0 Å². The molecule has 1 aromatic rings. The SMILES string of the molecule is CC(NC(=O)C1CC(=O)N(CC2CCCO2)C1)c1ccccc1. The fourth-order valence-electron chi connectivity index (χ4n) is 3.31. The average molecular weight is 316 g/mol. The first-order valence-corrected chi connectivity index (χ1v) is 8.38. The highest BCUT2D eigenvalue weighted by molar-refractivity contribution is 5.89. The summed E-state index contributed by atoms with van der Waals surface area (Å²) in [6, 6.07) is 9.81. The summed E-state index contributed by atoms with van der Waals surface area (Å²) >= 11 is 0. The predicted molar refractivity (Wildman–Crippen MR) is 86.7 cm³/mol. The molecule has 1 N–H and O–H groups in total. The second kappa shape index (κ2) is 7.13. The quantitative estimate of drug-likeness (QED) is 0.902. The molecule has 5 nitrogen and oxygen atoms in total. The van der Waals surface area contributed by atoms with E-state index in [0.717, 1.165) is 25.0 Å². The molecule has 1 aromatic carbocycles. The molecule has 23 heavy (non-hydrogen) atoms. The number of amides is 2. The van der Waals surface area contributed by atoms with E-state index >= 15 is 0 Å². The van der Waals surface area contributed by atoms with E-state index in [4.69, 9.17) is 4.74 Å². The van der Waals surface area contributed by atoms with E-state index in [0.29, 0.717) is 19.5 Å². The van der Waals surface area contributed by atoms with Crippen molar-refractivity contribution < 1.29 is 14.3 Å². The van der Waals surface area contributed by atoms with Crippen LogP contribution >= 0.6 is 0 Å². The largest absolute Gasteiger partial charge is 0.376 e. The number of rotatable bonds is 5. The van der Waals surface area contributed by atoms with E-state index in [2.05, 4.69) is 5.32 Å². The number of nitrogens with zero attached hydrogens (tertiary/aromatic N) is 1. The van der Waals surface area contributed by atoms with Crippen LogP contribution in [0.4, 0.5) is 0 Å². The maximum absolute atomic E-state index is 12.4. The van der Waals surface area contributed by atoms with Gasteiger partial charge in [0.2, 0.25) is 11.8 Å². The minimum absolute atomic E-state index is 0.0375. The van der Waals surface area contributed by atoms with Crippen LogP contribution in [0.2, 0.25) is 0 Å². The Labute approximate surface area is 137 Å². The van der Waals surface area contributed by atoms with Gasteiger partial charge in [0.1, 0.15) is 0 Å². The number of hydrogen-bond acceptors (Lipinski definition) is 3. The molecule has 0 spiro atoms. The number of hydrogen-bond donors (Lipinski definition) is 1. The second-order valence-corrected chi connectivity index (χ2v) is 6.48. The molecule has 2 amide bonds. The molecule has 3 rings (SSSR count). The lowest BCUT2D eigenvalue weighted by atomic mass is 10.1. The minimum Gasteiger partial charge on any atom is -0.376 e. The minimum atomic E-state index is -0.255. The number of benzene rings is 1. The lowest BCUT2D eigenvalue weighted by Crippen LogP contribution is -2.36. The summed E-state index contributed by atoms with van der Waals surface area (Å²) in [4.78, 5) is 26.3. The maximum Gasteiger partial charge on any atom is 0.225 e. The molecule has 0 aliphatic carbocycles. The molecule has 2 aliphatic heterocycles. The van der Waals surface area contributed by atoms with Crippen molar-refractivity contribution in [2.75, 3.05) is 19.7 Å². The summed E-state index contributed by atoms with van der Waals surface area (Å²) in [7, 11) is 0. The van der Waals surface area contributed by atoms with Gasteiger partial charge < -0.3 is 15.0 Å². The van der Waals surface area contributed by atoms with Crippen LogP contribution in [-0.2, 0) is 14.3 Å². The Balaban J connectivity index is 1.53. The summed E-state index contributed by atoms with van der Waals surface area (Å²) in [5.41, 5.74) is 1.07. The van der Waals surface area contributed by atoms with Gasteiger partial charge in [-0.15, -0.1) is 0 Å². The molecule has 124 valence electrons. The van der Waals surface area contributed by atoms with Gasteiger partial charge in [0.15, 0.2) is 0 Å². The first-order valence-electron chi connectivity index (χ1n) is 8.38. The van der Waals surface area contributed by atoms with E-state index in [9.17, 15) is 9.59 Å². The van der Waals surface area contributed by atoms with Gasteiger partial charge in [-0.1, -0.05) is 30.3 Å². The lowest BCUT2D eigenvalue weighted by Gasteiger charge is -2.21. The van der Waals surface area contributed by atoms with Gasteiger partial charge in [-0.05, 0) is 25.3 Å². The third-order valence-corrected chi connectivity index (χ3v) is 4.69. The van der Waals surface area contributed by atoms with Crippen LogP contribution in [0, 0.1) is 5.92 Å². The number of likely N-dealkylation sites (tertiary alicyclic amines) is 1. The molecule has 0 aromatic heterocycles. The standard InChI is InChI=1S/C18H24N2O3/c1-13(14-6-3-2-4-7-14)19-18(22)15-10-17(21)20(11-15)12-16-8-5-9-23-16/h2-4,6-7,13,15-16H,5,8-12H2,1H3,(H,19,22). The van der Waals surface area contributed by atoms with Crippen LogP contribution in [0.25, 0.3) is 0 Å². The van der Waals surface area contributed by atoms with Gasteiger partial charge in [-0.3, -0.25) is 9.59 Å². The smallest absolute Gasteiger partial charge is 0.225 e. The average Bonchev–Trinajstić information content (AvgIpc) is 3.19. The molecule has 0 saturated carbocycles. The van der Waals surface area contributed by atoms with Crippen molar-refractivity contribution in [3.63, 3.8) is 0 Å². The summed E-state index contributed by atoms with van der Waals surface area (Å²) in [5.74, 6) is -0.229. The monoisotopic (exact) mass is 316 g/mol. The van der Waals surface area contributed by atoms with Crippen molar-refractivity contribution in [2.24, 2.45) is 5.92 Å². The molecular weight excluding hydrogens is 292 g/mol. The van der Waals surface area contributed by atoms with E-state index < -0.39 is 0 Å². The Morgan fingerprint density at radius 2 is 2.17 bits per heavy atom. The Morgan fingerprint density at radius 3 is 2.87 bits per heavy atom. The molecule has 0 bridgehead atoms. The molecule has 3 unspecified atom stereocenters. The lowest BCUT2D eigenvalue weighted by molar-refractivity contribution is -0.130. The molecule has 2 fully saturated rings. The fraction of sp³-hybridized carbons (Fsp3) is 0.556. The van der Waals surface area contributed by atoms with Crippen LogP contribution in [0.1, 0.15) is 37.8 Å². The van der Waals surface area contributed by atoms with Crippen molar-refractivity contribution in [1.29, 1.82) is 0 Å². The summed E-state index contributed by atoms with van der Waals surface area (Å²) in [6.45, 7) is 3.88. The van der Waals surface area contributed by atoms with Crippen LogP contribution in [-0.4, -0.2) is 42.5 Å². The van der Waals surface area contributed by atoms with E-state index in [1.54, 1.807) is 4.90 Å². The summed E-state index contributed by atoms with van der Waals surface area (Å²) in [5, 5.41) is 3.02. The molecule has 2 saturated heterocycles. The third-order valence-electron chi connectivity index (χ3n) is 4.69. The van der Waals surface area contributed by atoms with E-state index in [1.807, 2.05) is 37.3 Å². The van der Waals surface area contributed by atoms with Crippen molar-refractivity contribution in [2.45, 2.75) is 38.3 Å². The van der Waals surface area contributed by atoms with Gasteiger partial charge in [0, 0.05) is 26.1 Å². The number of ether oxygens (including phenoxy) is 1.